The first kappa shape index (κ1) is 15.3. The zero-order valence-electron chi connectivity index (χ0n) is 13.7. The Morgan fingerprint density at radius 1 is 0.920 bits per heavy atom. The van der Waals surface area contributed by atoms with Gasteiger partial charge in [-0.25, -0.2) is 0 Å². The Hall–Kier alpha value is -3.20. The van der Waals surface area contributed by atoms with Crippen LogP contribution in [0.4, 0.5) is 5.69 Å². The lowest BCUT2D eigenvalue weighted by molar-refractivity contribution is -0.114. The Balaban J connectivity index is 1.71. The van der Waals surface area contributed by atoms with Crippen LogP contribution in [0.3, 0.4) is 0 Å². The first-order chi connectivity index (χ1) is 12.2. The molecule has 3 aromatic rings. The van der Waals surface area contributed by atoms with Gasteiger partial charge in [0.15, 0.2) is 5.78 Å². The number of hydrogen-bond donors (Lipinski definition) is 0. The van der Waals surface area contributed by atoms with Gasteiger partial charge in [-0.3, -0.25) is 9.59 Å². The van der Waals surface area contributed by atoms with E-state index in [-0.39, 0.29) is 11.7 Å². The Morgan fingerprint density at radius 2 is 1.60 bits per heavy atom. The smallest absolute Gasteiger partial charge is 0.251 e. The molecular weight excluding hydrogens is 310 g/mol. The molecule has 0 aliphatic carbocycles. The summed E-state index contributed by atoms with van der Waals surface area (Å²) in [5.41, 5.74) is 2.31. The van der Waals surface area contributed by atoms with Crippen LogP contribution in [-0.2, 0) is 4.79 Å². The highest BCUT2D eigenvalue weighted by Crippen LogP contribution is 2.32. The van der Waals surface area contributed by atoms with E-state index in [1.54, 1.807) is 17.1 Å². The van der Waals surface area contributed by atoms with Crippen LogP contribution in [0.15, 0.2) is 72.8 Å². The standard InChI is InChI=1S/C22H17NO2/c24-21-12-13-23(22(25)11-10-16-6-2-1-3-7-16)20-15-18-9-5-4-8-17(18)14-19(20)21/h1-11,14-15H,12-13H2. The molecule has 1 heterocycles. The van der Waals surface area contributed by atoms with Gasteiger partial charge in [0.05, 0.1) is 5.69 Å². The van der Waals surface area contributed by atoms with Gasteiger partial charge >= 0.3 is 0 Å². The summed E-state index contributed by atoms with van der Waals surface area (Å²) in [4.78, 5) is 26.7. The molecule has 0 saturated carbocycles. The lowest BCUT2D eigenvalue weighted by atomic mass is 9.96. The van der Waals surface area contributed by atoms with Gasteiger partial charge in [0.2, 0.25) is 0 Å². The number of hydrogen-bond acceptors (Lipinski definition) is 2. The minimum Gasteiger partial charge on any atom is -0.308 e. The van der Waals surface area contributed by atoms with Gasteiger partial charge < -0.3 is 4.90 Å². The summed E-state index contributed by atoms with van der Waals surface area (Å²) in [6, 6.07) is 21.4. The molecule has 0 spiro atoms. The van der Waals surface area contributed by atoms with Gasteiger partial charge in [-0.1, -0.05) is 54.6 Å². The average Bonchev–Trinajstić information content (AvgIpc) is 2.66. The zero-order valence-corrected chi connectivity index (χ0v) is 13.7. The number of rotatable bonds is 2. The number of nitrogens with zero attached hydrogens (tertiary/aromatic N) is 1. The highest BCUT2D eigenvalue weighted by molar-refractivity contribution is 6.14. The van der Waals surface area contributed by atoms with Crippen molar-refractivity contribution < 1.29 is 9.59 Å². The molecule has 3 nitrogen and oxygen atoms in total. The van der Waals surface area contributed by atoms with E-state index in [0.29, 0.717) is 24.2 Å². The molecule has 122 valence electrons. The molecule has 3 aromatic carbocycles. The molecule has 0 bridgehead atoms. The predicted molar refractivity (Wildman–Crippen MR) is 101 cm³/mol. The monoisotopic (exact) mass is 327 g/mol. The van der Waals surface area contributed by atoms with Crippen molar-refractivity contribution in [1.29, 1.82) is 0 Å². The largest absolute Gasteiger partial charge is 0.308 e. The van der Waals surface area contributed by atoms with Crippen molar-refractivity contribution in [2.24, 2.45) is 0 Å². The summed E-state index contributed by atoms with van der Waals surface area (Å²) in [7, 11) is 0. The van der Waals surface area contributed by atoms with Crippen LogP contribution in [0, 0.1) is 0 Å². The normalized spacial score (nSPS) is 14.1. The predicted octanol–water partition coefficient (Wildman–Crippen LogP) is 4.47. The number of fused-ring (bicyclic) bond motifs is 2. The maximum Gasteiger partial charge on any atom is 0.251 e. The number of ketones is 1. The number of Topliss-reactive ketones (excluding diaryl/α,β-unsaturated/α-hetero) is 1. The van der Waals surface area contributed by atoms with Crippen molar-refractivity contribution >= 4 is 34.2 Å². The number of carbonyl (C=O) groups is 2. The topological polar surface area (TPSA) is 37.4 Å². The maximum atomic E-state index is 12.7. The number of benzene rings is 3. The average molecular weight is 327 g/mol. The van der Waals surface area contributed by atoms with E-state index in [1.807, 2.05) is 66.7 Å². The molecule has 0 saturated heterocycles. The second kappa shape index (κ2) is 6.36. The summed E-state index contributed by atoms with van der Waals surface area (Å²) < 4.78 is 0. The van der Waals surface area contributed by atoms with Crippen LogP contribution in [-0.4, -0.2) is 18.2 Å². The molecule has 4 rings (SSSR count). The molecular formula is C22H17NO2. The van der Waals surface area contributed by atoms with E-state index in [2.05, 4.69) is 0 Å². The first-order valence-corrected chi connectivity index (χ1v) is 8.33. The summed E-state index contributed by atoms with van der Waals surface area (Å²) in [5, 5.41) is 2.05. The lowest BCUT2D eigenvalue weighted by Crippen LogP contribution is -2.36. The van der Waals surface area contributed by atoms with Crippen molar-refractivity contribution in [3.05, 3.63) is 83.9 Å². The second-order valence-corrected chi connectivity index (χ2v) is 6.12. The van der Waals surface area contributed by atoms with Gasteiger partial charge in [-0.2, -0.15) is 0 Å². The summed E-state index contributed by atoms with van der Waals surface area (Å²) in [6.45, 7) is 0.419. The van der Waals surface area contributed by atoms with Gasteiger partial charge in [-0.15, -0.1) is 0 Å². The van der Waals surface area contributed by atoms with Crippen molar-refractivity contribution in [2.75, 3.05) is 11.4 Å². The van der Waals surface area contributed by atoms with E-state index in [0.717, 1.165) is 16.3 Å². The zero-order chi connectivity index (χ0) is 17.2. The summed E-state index contributed by atoms with van der Waals surface area (Å²) in [5.74, 6) is -0.00951. The van der Waals surface area contributed by atoms with Crippen molar-refractivity contribution in [3.63, 3.8) is 0 Å². The fourth-order valence-electron chi connectivity index (χ4n) is 3.19. The van der Waals surface area contributed by atoms with Crippen molar-refractivity contribution in [3.8, 4) is 0 Å². The molecule has 0 unspecified atom stereocenters. The SMILES string of the molecule is O=C1CCN(C(=O)C=Cc2ccccc2)c2cc3ccccc3cc21. The van der Waals surface area contributed by atoms with E-state index in [9.17, 15) is 9.59 Å². The summed E-state index contributed by atoms with van der Waals surface area (Å²) >= 11 is 0. The quantitative estimate of drug-likeness (QED) is 0.651. The highest BCUT2D eigenvalue weighted by atomic mass is 16.2. The molecule has 0 aromatic heterocycles. The molecule has 0 N–H and O–H groups in total. The fraction of sp³-hybridized carbons (Fsp3) is 0.0909. The summed E-state index contributed by atoms with van der Waals surface area (Å²) in [6.07, 6.45) is 3.74. The third-order valence-corrected chi connectivity index (χ3v) is 4.50. The highest BCUT2D eigenvalue weighted by Gasteiger charge is 2.26. The van der Waals surface area contributed by atoms with E-state index in [4.69, 9.17) is 0 Å². The van der Waals surface area contributed by atoms with Crippen LogP contribution in [0.2, 0.25) is 0 Å². The van der Waals surface area contributed by atoms with E-state index >= 15 is 0 Å². The Labute approximate surface area is 146 Å². The molecule has 0 atom stereocenters. The van der Waals surface area contributed by atoms with Crippen LogP contribution >= 0.6 is 0 Å². The van der Waals surface area contributed by atoms with Crippen LogP contribution in [0.5, 0.6) is 0 Å². The molecule has 0 radical (unpaired) electrons. The number of carbonyl (C=O) groups excluding carboxylic acids is 2. The lowest BCUT2D eigenvalue weighted by Gasteiger charge is -2.28. The number of anilines is 1. The first-order valence-electron chi connectivity index (χ1n) is 8.33. The van der Waals surface area contributed by atoms with Crippen molar-refractivity contribution in [1.82, 2.24) is 0 Å². The molecule has 25 heavy (non-hydrogen) atoms. The van der Waals surface area contributed by atoms with Gasteiger partial charge in [0.25, 0.3) is 5.91 Å². The molecule has 0 fully saturated rings. The maximum absolute atomic E-state index is 12.7. The third-order valence-electron chi connectivity index (χ3n) is 4.50. The molecule has 3 heteroatoms. The van der Waals surface area contributed by atoms with E-state index < -0.39 is 0 Å². The number of amides is 1. The van der Waals surface area contributed by atoms with Gasteiger partial charge in [0, 0.05) is 24.6 Å². The van der Waals surface area contributed by atoms with Crippen molar-refractivity contribution in [2.45, 2.75) is 6.42 Å². The molecule has 1 amide bonds. The second-order valence-electron chi connectivity index (χ2n) is 6.12. The van der Waals surface area contributed by atoms with Gasteiger partial charge in [0.1, 0.15) is 0 Å². The molecule has 1 aliphatic heterocycles. The minimum absolute atomic E-state index is 0.0943. The third kappa shape index (κ3) is 2.96. The molecule has 1 aliphatic rings. The Kier molecular flexibility index (Phi) is 3.90. The van der Waals surface area contributed by atoms with Crippen LogP contribution in [0.25, 0.3) is 16.8 Å². The minimum atomic E-state index is -0.104. The van der Waals surface area contributed by atoms with Crippen LogP contribution in [0.1, 0.15) is 22.3 Å². The Morgan fingerprint density at radius 3 is 2.36 bits per heavy atom. The fourth-order valence-corrected chi connectivity index (χ4v) is 3.19. The van der Waals surface area contributed by atoms with Gasteiger partial charge in [-0.05, 0) is 34.5 Å². The van der Waals surface area contributed by atoms with E-state index in [1.165, 1.54) is 0 Å². The Bertz CT molecular complexity index is 989. The van der Waals surface area contributed by atoms with Crippen LogP contribution < -0.4 is 4.90 Å².